The highest BCUT2D eigenvalue weighted by atomic mass is 35.5. The molecule has 1 aliphatic rings. The summed E-state index contributed by atoms with van der Waals surface area (Å²) >= 11 is 11.2. The Kier molecular flexibility index (Phi) is 4.50. The molecule has 0 atom stereocenters. The third-order valence-corrected chi connectivity index (χ3v) is 2.84. The van der Waals surface area contributed by atoms with Gasteiger partial charge in [-0.3, -0.25) is 0 Å². The fourth-order valence-corrected chi connectivity index (χ4v) is 2.03. The molecule has 1 fully saturated rings. The zero-order valence-corrected chi connectivity index (χ0v) is 10.7. The van der Waals surface area contributed by atoms with Gasteiger partial charge in [-0.2, -0.15) is 15.0 Å². The third kappa shape index (κ3) is 4.09. The zero-order valence-electron chi connectivity index (χ0n) is 9.20. The molecule has 1 aromatic heterocycles. The van der Waals surface area contributed by atoms with Crippen molar-refractivity contribution < 1.29 is 4.84 Å². The van der Waals surface area contributed by atoms with Gasteiger partial charge in [0.2, 0.25) is 10.6 Å². The summed E-state index contributed by atoms with van der Waals surface area (Å²) in [6.45, 7) is 0. The molecule has 0 N–H and O–H groups in total. The van der Waals surface area contributed by atoms with Crippen LogP contribution in [0.4, 0.5) is 0 Å². The minimum atomic E-state index is 0.000987. The summed E-state index contributed by atoms with van der Waals surface area (Å²) in [4.78, 5) is 16.3. The van der Waals surface area contributed by atoms with Crippen molar-refractivity contribution in [3.8, 4) is 6.01 Å². The van der Waals surface area contributed by atoms with Gasteiger partial charge in [-0.15, -0.1) is 0 Å². The summed E-state index contributed by atoms with van der Waals surface area (Å²) in [5, 5.41) is 4.04. The molecule has 0 spiro atoms. The van der Waals surface area contributed by atoms with Gasteiger partial charge < -0.3 is 4.84 Å². The lowest BCUT2D eigenvalue weighted by Gasteiger charge is -2.01. The summed E-state index contributed by atoms with van der Waals surface area (Å²) in [7, 11) is 0. The van der Waals surface area contributed by atoms with Crippen LogP contribution in [0.25, 0.3) is 0 Å². The fourth-order valence-electron chi connectivity index (χ4n) is 1.68. The lowest BCUT2D eigenvalue weighted by Crippen LogP contribution is -2.01. The molecule has 1 aliphatic carbocycles. The van der Waals surface area contributed by atoms with E-state index >= 15 is 0 Å². The summed E-state index contributed by atoms with van der Waals surface area (Å²) < 4.78 is 0. The molecule has 1 saturated carbocycles. The molecule has 0 saturated heterocycles. The molecule has 2 rings (SSSR count). The molecule has 1 aromatic rings. The van der Waals surface area contributed by atoms with Crippen LogP contribution < -0.4 is 4.84 Å². The van der Waals surface area contributed by atoms with E-state index in [0.29, 0.717) is 0 Å². The van der Waals surface area contributed by atoms with Crippen molar-refractivity contribution in [1.29, 1.82) is 0 Å². The average Bonchev–Trinajstić information content (AvgIpc) is 2.53. The summed E-state index contributed by atoms with van der Waals surface area (Å²) in [5.41, 5.74) is 1.04. The van der Waals surface area contributed by atoms with Gasteiger partial charge in [0.1, 0.15) is 0 Å². The van der Waals surface area contributed by atoms with E-state index in [9.17, 15) is 0 Å². The molecule has 1 heterocycles. The van der Waals surface area contributed by atoms with Crippen molar-refractivity contribution in [2.24, 2.45) is 5.16 Å². The normalized spacial score (nSPS) is 16.5. The molecule has 0 aromatic carbocycles. The number of oxime groups is 1. The van der Waals surface area contributed by atoms with E-state index in [1.54, 1.807) is 0 Å². The highest BCUT2D eigenvalue weighted by Crippen LogP contribution is 2.16. The summed E-state index contributed by atoms with van der Waals surface area (Å²) in [5.74, 6) is 0. The Balaban J connectivity index is 2.02. The predicted octanol–water partition coefficient (Wildman–Crippen LogP) is 3.27. The standard InChI is InChI=1S/C10H12Cl2N4O/c11-8-13-9(12)15-10(14-8)17-16-7-5-3-1-2-4-6-7/h1-6H2. The predicted molar refractivity (Wildman–Crippen MR) is 65.6 cm³/mol. The highest BCUT2D eigenvalue weighted by molar-refractivity contribution is 6.31. The van der Waals surface area contributed by atoms with Crippen molar-refractivity contribution in [3.63, 3.8) is 0 Å². The van der Waals surface area contributed by atoms with Crippen LogP contribution >= 0.6 is 23.2 Å². The van der Waals surface area contributed by atoms with Crippen LogP contribution in [0, 0.1) is 0 Å². The lowest BCUT2D eigenvalue weighted by molar-refractivity contribution is 0.309. The smallest absolute Gasteiger partial charge is 0.315 e. The maximum atomic E-state index is 5.62. The molecule has 0 amide bonds. The van der Waals surface area contributed by atoms with Crippen LogP contribution in [0.3, 0.4) is 0 Å². The first-order valence-electron chi connectivity index (χ1n) is 5.54. The van der Waals surface area contributed by atoms with Crippen molar-refractivity contribution >= 4 is 28.9 Å². The van der Waals surface area contributed by atoms with Crippen LogP contribution in [0.2, 0.25) is 10.6 Å². The van der Waals surface area contributed by atoms with Crippen molar-refractivity contribution in [1.82, 2.24) is 15.0 Å². The number of halogens is 2. The quantitative estimate of drug-likeness (QED) is 0.614. The fraction of sp³-hybridized carbons (Fsp3) is 0.600. The van der Waals surface area contributed by atoms with Gasteiger partial charge in [0.25, 0.3) is 0 Å². The van der Waals surface area contributed by atoms with E-state index < -0.39 is 0 Å². The first-order chi connectivity index (χ1) is 8.24. The molecule has 92 valence electrons. The summed E-state index contributed by atoms with van der Waals surface area (Å²) in [6.07, 6.45) is 6.74. The van der Waals surface area contributed by atoms with E-state index in [4.69, 9.17) is 28.0 Å². The third-order valence-electron chi connectivity index (χ3n) is 2.50. The second-order valence-corrected chi connectivity index (χ2v) is 4.50. The Morgan fingerprint density at radius 1 is 0.882 bits per heavy atom. The number of hydrogen-bond acceptors (Lipinski definition) is 5. The Labute approximate surface area is 109 Å². The van der Waals surface area contributed by atoms with Crippen molar-refractivity contribution in [2.45, 2.75) is 38.5 Å². The van der Waals surface area contributed by atoms with Crippen LogP contribution in [0.15, 0.2) is 5.16 Å². The number of aromatic nitrogens is 3. The van der Waals surface area contributed by atoms with Crippen LogP contribution in [0.1, 0.15) is 38.5 Å². The van der Waals surface area contributed by atoms with Gasteiger partial charge in [-0.1, -0.05) is 18.0 Å². The topological polar surface area (TPSA) is 60.3 Å². The van der Waals surface area contributed by atoms with Gasteiger partial charge in [-0.25, -0.2) is 0 Å². The van der Waals surface area contributed by atoms with E-state index in [2.05, 4.69) is 20.1 Å². The maximum absolute atomic E-state index is 5.62. The SMILES string of the molecule is Clc1nc(Cl)nc(ON=C2CCCCCC2)n1. The van der Waals surface area contributed by atoms with Gasteiger partial charge in [-0.05, 0) is 48.9 Å². The Morgan fingerprint density at radius 3 is 2.06 bits per heavy atom. The monoisotopic (exact) mass is 274 g/mol. The van der Waals surface area contributed by atoms with Gasteiger partial charge in [0, 0.05) is 0 Å². The van der Waals surface area contributed by atoms with E-state index in [1.165, 1.54) is 12.8 Å². The molecule has 0 unspecified atom stereocenters. The highest BCUT2D eigenvalue weighted by Gasteiger charge is 2.08. The number of nitrogens with zero attached hydrogens (tertiary/aromatic N) is 4. The van der Waals surface area contributed by atoms with Gasteiger partial charge in [0.05, 0.1) is 5.71 Å². The largest absolute Gasteiger partial charge is 0.351 e. The molecule has 0 bridgehead atoms. The molecular weight excluding hydrogens is 263 g/mol. The minimum Gasteiger partial charge on any atom is -0.315 e. The van der Waals surface area contributed by atoms with Crippen molar-refractivity contribution in [2.75, 3.05) is 0 Å². The lowest BCUT2D eigenvalue weighted by atomic mass is 10.2. The number of rotatable bonds is 2. The molecule has 0 radical (unpaired) electrons. The average molecular weight is 275 g/mol. The van der Waals surface area contributed by atoms with Gasteiger partial charge >= 0.3 is 6.01 Å². The first-order valence-corrected chi connectivity index (χ1v) is 6.29. The molecule has 0 aliphatic heterocycles. The summed E-state index contributed by atoms with van der Waals surface area (Å²) in [6, 6.07) is 0.0340. The van der Waals surface area contributed by atoms with E-state index in [1.807, 2.05) is 0 Å². The molecule has 17 heavy (non-hydrogen) atoms. The Morgan fingerprint density at radius 2 is 1.47 bits per heavy atom. The first kappa shape index (κ1) is 12.5. The van der Waals surface area contributed by atoms with Crippen LogP contribution in [-0.2, 0) is 0 Å². The maximum Gasteiger partial charge on any atom is 0.351 e. The zero-order chi connectivity index (χ0) is 12.1. The second-order valence-electron chi connectivity index (χ2n) is 3.82. The van der Waals surface area contributed by atoms with Gasteiger partial charge in [0.15, 0.2) is 0 Å². The van der Waals surface area contributed by atoms with E-state index in [0.717, 1.165) is 31.4 Å². The molecular formula is C10H12Cl2N4O. The second kappa shape index (κ2) is 6.12. The van der Waals surface area contributed by atoms with E-state index in [-0.39, 0.29) is 16.6 Å². The van der Waals surface area contributed by atoms with Crippen LogP contribution in [-0.4, -0.2) is 20.7 Å². The number of hydrogen-bond donors (Lipinski definition) is 0. The van der Waals surface area contributed by atoms with Crippen molar-refractivity contribution in [3.05, 3.63) is 10.6 Å². The van der Waals surface area contributed by atoms with Crippen LogP contribution in [0.5, 0.6) is 6.01 Å². The molecule has 5 nitrogen and oxygen atoms in total. The Hall–Kier alpha value is -0.940. The molecule has 7 heteroatoms. The minimum absolute atomic E-state index is 0.000987. The Bertz CT molecular complexity index is 395.